The first kappa shape index (κ1) is 16.8. The van der Waals surface area contributed by atoms with Crippen molar-refractivity contribution in [2.24, 2.45) is 0 Å². The van der Waals surface area contributed by atoms with Gasteiger partial charge in [0.1, 0.15) is 0 Å². The molecule has 0 bridgehead atoms. The van der Waals surface area contributed by atoms with Gasteiger partial charge in [-0.25, -0.2) is 0 Å². The number of nitrogens with one attached hydrogen (secondary N) is 1. The molecule has 0 unspecified atom stereocenters. The van der Waals surface area contributed by atoms with Crippen LogP contribution in [-0.4, -0.2) is 28.6 Å². The second kappa shape index (κ2) is 8.20. The van der Waals surface area contributed by atoms with Crippen LogP contribution in [0.25, 0.3) is 10.7 Å². The SMILES string of the molecule is O=C(COC(=O)CCc1nc(-c2cccs2)no1)Nc1ccccc1. The summed E-state index contributed by atoms with van der Waals surface area (Å²) in [6, 6.07) is 12.7. The van der Waals surface area contributed by atoms with Crippen molar-refractivity contribution in [1.82, 2.24) is 10.1 Å². The molecule has 3 aromatic rings. The van der Waals surface area contributed by atoms with Crippen molar-refractivity contribution in [2.45, 2.75) is 12.8 Å². The standard InChI is InChI=1S/C17H15N3O4S/c21-14(18-12-5-2-1-3-6-12)11-23-16(22)9-8-15-19-17(20-24-15)13-7-4-10-25-13/h1-7,10H,8-9,11H2,(H,18,21). The number of thiophene rings is 1. The van der Waals surface area contributed by atoms with Crippen LogP contribution in [0.5, 0.6) is 0 Å². The van der Waals surface area contributed by atoms with E-state index >= 15 is 0 Å². The molecule has 1 aromatic carbocycles. The zero-order chi connectivity index (χ0) is 17.5. The van der Waals surface area contributed by atoms with E-state index in [1.807, 2.05) is 23.6 Å². The highest BCUT2D eigenvalue weighted by Crippen LogP contribution is 2.21. The Morgan fingerprint density at radius 1 is 1.16 bits per heavy atom. The van der Waals surface area contributed by atoms with Gasteiger partial charge in [-0.15, -0.1) is 11.3 Å². The lowest BCUT2D eigenvalue weighted by molar-refractivity contribution is -0.147. The summed E-state index contributed by atoms with van der Waals surface area (Å²) in [5.41, 5.74) is 0.649. The molecular weight excluding hydrogens is 342 g/mol. The van der Waals surface area contributed by atoms with Gasteiger partial charge in [0.05, 0.1) is 11.3 Å². The number of amides is 1. The fourth-order valence-corrected chi connectivity index (χ4v) is 2.66. The Morgan fingerprint density at radius 2 is 2.00 bits per heavy atom. The molecule has 0 radical (unpaired) electrons. The maximum atomic E-state index is 11.7. The molecule has 2 heterocycles. The molecule has 1 amide bonds. The van der Waals surface area contributed by atoms with Crippen LogP contribution in [0.2, 0.25) is 0 Å². The Hall–Kier alpha value is -3.00. The maximum absolute atomic E-state index is 11.7. The van der Waals surface area contributed by atoms with Gasteiger partial charge in [0.25, 0.3) is 5.91 Å². The predicted molar refractivity (Wildman–Crippen MR) is 92.0 cm³/mol. The lowest BCUT2D eigenvalue weighted by atomic mass is 10.3. The van der Waals surface area contributed by atoms with E-state index in [0.717, 1.165) is 4.88 Å². The minimum absolute atomic E-state index is 0.0602. The van der Waals surface area contributed by atoms with Gasteiger partial charge >= 0.3 is 5.97 Å². The van der Waals surface area contributed by atoms with Gasteiger partial charge in [0, 0.05) is 12.1 Å². The highest BCUT2D eigenvalue weighted by atomic mass is 32.1. The number of hydrogen-bond donors (Lipinski definition) is 1. The van der Waals surface area contributed by atoms with Gasteiger partial charge in [-0.05, 0) is 23.6 Å². The number of nitrogens with zero attached hydrogens (tertiary/aromatic N) is 2. The van der Waals surface area contributed by atoms with Gasteiger partial charge < -0.3 is 14.6 Å². The topological polar surface area (TPSA) is 94.3 Å². The van der Waals surface area contributed by atoms with Crippen molar-refractivity contribution >= 4 is 28.9 Å². The van der Waals surface area contributed by atoms with Gasteiger partial charge in [-0.2, -0.15) is 4.98 Å². The van der Waals surface area contributed by atoms with Crippen LogP contribution in [0.15, 0.2) is 52.4 Å². The fourth-order valence-electron chi connectivity index (χ4n) is 2.01. The second-order valence-electron chi connectivity index (χ2n) is 5.06. The smallest absolute Gasteiger partial charge is 0.306 e. The van der Waals surface area contributed by atoms with Gasteiger partial charge in [0.2, 0.25) is 11.7 Å². The summed E-state index contributed by atoms with van der Waals surface area (Å²) in [5, 5.41) is 8.42. The number of hydrogen-bond acceptors (Lipinski definition) is 7. The summed E-state index contributed by atoms with van der Waals surface area (Å²) in [6.07, 6.45) is 0.322. The third-order valence-corrected chi connectivity index (χ3v) is 4.04. The number of ether oxygens (including phenoxy) is 1. The Morgan fingerprint density at radius 3 is 2.76 bits per heavy atom. The number of aryl methyl sites for hydroxylation is 1. The lowest BCUT2D eigenvalue weighted by Gasteiger charge is -2.05. The molecule has 0 aliphatic heterocycles. The molecule has 0 saturated heterocycles. The highest BCUT2D eigenvalue weighted by molar-refractivity contribution is 7.13. The number of anilines is 1. The Balaban J connectivity index is 1.40. The number of rotatable bonds is 7. The molecule has 0 spiro atoms. The third kappa shape index (κ3) is 4.98. The van der Waals surface area contributed by atoms with Crippen LogP contribution < -0.4 is 5.32 Å². The first-order valence-electron chi connectivity index (χ1n) is 7.58. The molecule has 3 rings (SSSR count). The molecule has 2 aromatic heterocycles. The summed E-state index contributed by atoms with van der Waals surface area (Å²) in [4.78, 5) is 28.5. The Bertz CT molecular complexity index is 831. The normalized spacial score (nSPS) is 10.4. The number of carbonyl (C=O) groups excluding carboxylic acids is 2. The van der Waals surface area contributed by atoms with E-state index in [1.165, 1.54) is 11.3 Å². The third-order valence-electron chi connectivity index (χ3n) is 3.17. The predicted octanol–water partition coefficient (Wildman–Crippen LogP) is 2.91. The molecule has 1 N–H and O–H groups in total. The maximum Gasteiger partial charge on any atom is 0.306 e. The van der Waals surface area contributed by atoms with Crippen LogP contribution in [0, 0.1) is 0 Å². The first-order valence-corrected chi connectivity index (χ1v) is 8.45. The summed E-state index contributed by atoms with van der Waals surface area (Å²) < 4.78 is 10.0. The van der Waals surface area contributed by atoms with Crippen LogP contribution >= 0.6 is 11.3 Å². The molecule has 0 fully saturated rings. The molecule has 0 saturated carbocycles. The van der Waals surface area contributed by atoms with E-state index in [2.05, 4.69) is 15.5 Å². The number of aromatic nitrogens is 2. The van der Waals surface area contributed by atoms with E-state index in [0.29, 0.717) is 17.4 Å². The summed E-state index contributed by atoms with van der Waals surface area (Å²) >= 11 is 1.50. The average Bonchev–Trinajstić information content (AvgIpc) is 3.30. The van der Waals surface area contributed by atoms with Crippen molar-refractivity contribution in [3.63, 3.8) is 0 Å². The van der Waals surface area contributed by atoms with E-state index in [1.54, 1.807) is 24.3 Å². The van der Waals surface area contributed by atoms with Crippen molar-refractivity contribution in [3.05, 3.63) is 53.7 Å². The molecule has 128 valence electrons. The zero-order valence-electron chi connectivity index (χ0n) is 13.2. The number of para-hydroxylation sites is 1. The number of benzene rings is 1. The monoisotopic (exact) mass is 357 g/mol. The van der Waals surface area contributed by atoms with Crippen molar-refractivity contribution in [3.8, 4) is 10.7 Å². The minimum atomic E-state index is -0.501. The molecule has 8 heteroatoms. The Kier molecular flexibility index (Phi) is 5.53. The van der Waals surface area contributed by atoms with Crippen molar-refractivity contribution in [2.75, 3.05) is 11.9 Å². The molecule has 7 nitrogen and oxygen atoms in total. The summed E-state index contributed by atoms with van der Waals surface area (Å²) in [5.74, 6) is -0.0360. The summed E-state index contributed by atoms with van der Waals surface area (Å²) in [6.45, 7) is -0.335. The first-order chi connectivity index (χ1) is 12.2. The quantitative estimate of drug-likeness (QED) is 0.653. The van der Waals surface area contributed by atoms with Crippen LogP contribution in [0.3, 0.4) is 0 Å². The zero-order valence-corrected chi connectivity index (χ0v) is 14.0. The number of esters is 1. The molecule has 0 atom stereocenters. The molecular formula is C17H15N3O4S. The largest absolute Gasteiger partial charge is 0.456 e. The molecule has 25 heavy (non-hydrogen) atoms. The van der Waals surface area contributed by atoms with Crippen LogP contribution in [0.1, 0.15) is 12.3 Å². The van der Waals surface area contributed by atoms with E-state index in [4.69, 9.17) is 9.26 Å². The van der Waals surface area contributed by atoms with E-state index < -0.39 is 11.9 Å². The van der Waals surface area contributed by atoms with Crippen LogP contribution in [0.4, 0.5) is 5.69 Å². The second-order valence-corrected chi connectivity index (χ2v) is 6.01. The molecule has 0 aliphatic carbocycles. The minimum Gasteiger partial charge on any atom is -0.456 e. The summed E-state index contributed by atoms with van der Waals surface area (Å²) in [7, 11) is 0. The van der Waals surface area contributed by atoms with Crippen LogP contribution in [-0.2, 0) is 20.7 Å². The highest BCUT2D eigenvalue weighted by Gasteiger charge is 2.13. The van der Waals surface area contributed by atoms with Crippen molar-refractivity contribution < 1.29 is 18.8 Å². The lowest BCUT2D eigenvalue weighted by Crippen LogP contribution is -2.21. The van der Waals surface area contributed by atoms with Gasteiger partial charge in [-0.3, -0.25) is 9.59 Å². The van der Waals surface area contributed by atoms with Gasteiger partial charge in [0.15, 0.2) is 6.61 Å². The molecule has 0 aliphatic rings. The fraction of sp³-hybridized carbons (Fsp3) is 0.176. The average molecular weight is 357 g/mol. The van der Waals surface area contributed by atoms with E-state index in [-0.39, 0.29) is 19.4 Å². The number of carbonyl (C=O) groups is 2. The van der Waals surface area contributed by atoms with Crippen molar-refractivity contribution in [1.29, 1.82) is 0 Å². The van der Waals surface area contributed by atoms with Gasteiger partial charge in [-0.1, -0.05) is 29.4 Å². The van der Waals surface area contributed by atoms with E-state index in [9.17, 15) is 9.59 Å². The Labute approximate surface area is 147 Å².